The third-order valence-corrected chi connectivity index (χ3v) is 7.63. The van der Waals surface area contributed by atoms with Crippen molar-refractivity contribution in [3.05, 3.63) is 11.6 Å². The molecule has 1 N–H and O–H groups in total. The smallest absolute Gasteiger partial charge is 0.341 e. The highest BCUT2D eigenvalue weighted by Crippen LogP contribution is 2.54. The van der Waals surface area contributed by atoms with Gasteiger partial charge in [-0.05, 0) is 50.0 Å². The molecular formula is C24H34O9. The van der Waals surface area contributed by atoms with E-state index in [9.17, 15) is 19.5 Å². The number of hydrogen-bond donors (Lipinski definition) is 1. The molecule has 0 aromatic rings. The average molecular weight is 467 g/mol. The van der Waals surface area contributed by atoms with Crippen molar-refractivity contribution in [2.24, 2.45) is 11.3 Å². The number of carbonyl (C=O) groups is 3. The second-order valence-electron chi connectivity index (χ2n) is 10.6. The zero-order chi connectivity index (χ0) is 24.2. The molecule has 2 saturated heterocycles. The van der Waals surface area contributed by atoms with Gasteiger partial charge in [-0.15, -0.1) is 0 Å². The van der Waals surface area contributed by atoms with Crippen LogP contribution < -0.4 is 0 Å². The molecule has 3 heterocycles. The van der Waals surface area contributed by atoms with Crippen LogP contribution in [0.2, 0.25) is 0 Å². The summed E-state index contributed by atoms with van der Waals surface area (Å²) in [7, 11) is 0. The Hall–Kier alpha value is -1.97. The minimum Gasteiger partial charge on any atom is -0.455 e. The Bertz CT molecular complexity index is 844. The third kappa shape index (κ3) is 4.68. The molecule has 9 nitrogen and oxygen atoms in total. The lowest BCUT2D eigenvalue weighted by Gasteiger charge is -2.48. The van der Waals surface area contributed by atoms with Crippen molar-refractivity contribution in [1.82, 2.24) is 0 Å². The van der Waals surface area contributed by atoms with Crippen molar-refractivity contribution in [2.75, 3.05) is 0 Å². The van der Waals surface area contributed by atoms with E-state index in [1.54, 1.807) is 0 Å². The average Bonchev–Trinajstić information content (AvgIpc) is 3.26. The molecular weight excluding hydrogens is 432 g/mol. The van der Waals surface area contributed by atoms with Crippen molar-refractivity contribution in [2.45, 2.75) is 109 Å². The van der Waals surface area contributed by atoms with Crippen LogP contribution in [-0.4, -0.2) is 59.0 Å². The Balaban J connectivity index is 1.43. The van der Waals surface area contributed by atoms with Gasteiger partial charge in [-0.25, -0.2) is 4.79 Å². The number of hydrogen-bond acceptors (Lipinski definition) is 9. The molecule has 4 aliphatic rings. The van der Waals surface area contributed by atoms with Gasteiger partial charge in [-0.2, -0.15) is 0 Å². The predicted octanol–water partition coefficient (Wildman–Crippen LogP) is 2.53. The monoisotopic (exact) mass is 466 g/mol. The number of rotatable bonds is 6. The van der Waals surface area contributed by atoms with Crippen LogP contribution in [0.15, 0.2) is 11.6 Å². The number of epoxide rings is 1. The zero-order valence-electron chi connectivity index (χ0n) is 19.9. The maximum absolute atomic E-state index is 13.0. The van der Waals surface area contributed by atoms with E-state index in [0.717, 1.165) is 19.3 Å². The maximum Gasteiger partial charge on any atom is 0.341 e. The summed E-state index contributed by atoms with van der Waals surface area (Å²) in [5, 5.41) is 11.0. The number of cyclic esters (lactones) is 1. The summed E-state index contributed by atoms with van der Waals surface area (Å²) in [5.41, 5.74) is -1.38. The number of aliphatic hydroxyl groups is 1. The van der Waals surface area contributed by atoms with Gasteiger partial charge in [0.25, 0.3) is 0 Å². The van der Waals surface area contributed by atoms with Crippen molar-refractivity contribution in [3.63, 3.8) is 0 Å². The van der Waals surface area contributed by atoms with Crippen LogP contribution in [-0.2, 0) is 38.1 Å². The van der Waals surface area contributed by atoms with Crippen molar-refractivity contribution >= 4 is 17.9 Å². The van der Waals surface area contributed by atoms with Crippen LogP contribution in [0.4, 0.5) is 0 Å². The van der Waals surface area contributed by atoms with Gasteiger partial charge in [0.2, 0.25) is 12.6 Å². The summed E-state index contributed by atoms with van der Waals surface area (Å²) in [6, 6.07) is 0. The number of ether oxygens (including phenoxy) is 5. The Morgan fingerprint density at radius 1 is 1.15 bits per heavy atom. The topological polar surface area (TPSA) is 121 Å². The molecule has 0 unspecified atom stereocenters. The second-order valence-corrected chi connectivity index (χ2v) is 10.6. The molecule has 0 amide bonds. The zero-order valence-corrected chi connectivity index (χ0v) is 19.9. The number of carbonyl (C=O) groups excluding carboxylic acids is 3. The first kappa shape index (κ1) is 24.2. The molecule has 0 aromatic carbocycles. The van der Waals surface area contributed by atoms with E-state index in [4.69, 9.17) is 23.7 Å². The van der Waals surface area contributed by atoms with Crippen LogP contribution in [0, 0.1) is 11.3 Å². The van der Waals surface area contributed by atoms with E-state index in [-0.39, 0.29) is 17.4 Å². The first-order chi connectivity index (χ1) is 15.3. The molecule has 33 heavy (non-hydrogen) atoms. The molecule has 4 rings (SSSR count). The third-order valence-electron chi connectivity index (χ3n) is 7.63. The molecule has 0 bridgehead atoms. The summed E-state index contributed by atoms with van der Waals surface area (Å²) in [5.74, 6) is -1.54. The summed E-state index contributed by atoms with van der Waals surface area (Å²) in [6.07, 6.45) is 2.63. The van der Waals surface area contributed by atoms with Gasteiger partial charge in [0.05, 0.1) is 5.60 Å². The van der Waals surface area contributed by atoms with Crippen LogP contribution in [0.5, 0.6) is 0 Å². The summed E-state index contributed by atoms with van der Waals surface area (Å²) in [6.45, 7) is 8.71. The van der Waals surface area contributed by atoms with Gasteiger partial charge < -0.3 is 24.1 Å². The summed E-state index contributed by atoms with van der Waals surface area (Å²) < 4.78 is 27.3. The van der Waals surface area contributed by atoms with Crippen LogP contribution in [0.3, 0.4) is 0 Å². The summed E-state index contributed by atoms with van der Waals surface area (Å²) in [4.78, 5) is 35.8. The molecule has 1 saturated carbocycles. The highest BCUT2D eigenvalue weighted by Gasteiger charge is 2.68. The normalized spacial score (nSPS) is 41.5. The minimum absolute atomic E-state index is 0.0289. The van der Waals surface area contributed by atoms with Gasteiger partial charge in [-0.3, -0.25) is 14.3 Å². The lowest BCUT2D eigenvalue weighted by molar-refractivity contribution is -0.204. The van der Waals surface area contributed by atoms with Gasteiger partial charge in [0.1, 0.15) is 12.2 Å². The Morgan fingerprint density at radius 2 is 1.85 bits per heavy atom. The minimum atomic E-state index is -1.10. The van der Waals surface area contributed by atoms with Crippen LogP contribution >= 0.6 is 0 Å². The van der Waals surface area contributed by atoms with E-state index >= 15 is 0 Å². The van der Waals surface area contributed by atoms with Crippen molar-refractivity contribution in [3.8, 4) is 0 Å². The highest BCUT2D eigenvalue weighted by molar-refractivity contribution is 5.85. The predicted molar refractivity (Wildman–Crippen MR) is 113 cm³/mol. The van der Waals surface area contributed by atoms with Gasteiger partial charge >= 0.3 is 17.9 Å². The van der Waals surface area contributed by atoms with E-state index in [1.807, 2.05) is 6.92 Å². The molecule has 9 heteroatoms. The Morgan fingerprint density at radius 3 is 2.45 bits per heavy atom. The molecule has 7 atom stereocenters. The first-order valence-corrected chi connectivity index (χ1v) is 11.7. The highest BCUT2D eigenvalue weighted by atomic mass is 16.8. The number of esters is 3. The van der Waals surface area contributed by atoms with Crippen molar-refractivity contribution < 1.29 is 43.2 Å². The largest absolute Gasteiger partial charge is 0.455 e. The van der Waals surface area contributed by atoms with E-state index in [0.29, 0.717) is 24.8 Å². The molecule has 0 aromatic heterocycles. The maximum atomic E-state index is 13.0. The molecule has 184 valence electrons. The molecule has 0 spiro atoms. The van der Waals surface area contributed by atoms with Crippen LogP contribution in [0.25, 0.3) is 0 Å². The second kappa shape index (κ2) is 8.36. The Kier molecular flexibility index (Phi) is 6.12. The van der Waals surface area contributed by atoms with Gasteiger partial charge in [0, 0.05) is 25.8 Å². The quantitative estimate of drug-likeness (QED) is 0.272. The van der Waals surface area contributed by atoms with E-state index in [2.05, 4.69) is 13.8 Å². The van der Waals surface area contributed by atoms with E-state index in [1.165, 1.54) is 19.9 Å². The molecule has 1 aliphatic carbocycles. The van der Waals surface area contributed by atoms with Crippen LogP contribution in [0.1, 0.15) is 73.1 Å². The van der Waals surface area contributed by atoms with Gasteiger partial charge in [0.15, 0.2) is 5.60 Å². The molecule has 0 radical (unpaired) electrons. The SMILES string of the molecule is CC(=O)O[C@@H]1C=C([C@H]2C[C@H]3O[C@@]3(CC[C@H]3C(C)(C)CCC[C@]3(C)O)C(=O)O2)[C@@H](OC(C)=O)O1. The number of fused-ring (bicyclic) bond motifs is 1. The van der Waals surface area contributed by atoms with E-state index < -0.39 is 47.8 Å². The standard InChI is InChI=1S/C24H34O9/c1-13(25)29-19-11-15(20(32-19)30-14(2)26)16-12-18-24(33-18,21(27)31-16)10-7-17-22(3,4)8-6-9-23(17,5)28/h11,16-20,28H,6-10,12H2,1-5H3/t16-,17+,18-,19+,20+,23+,24-/m1/s1. The molecule has 3 fully saturated rings. The van der Waals surface area contributed by atoms with Crippen molar-refractivity contribution in [1.29, 1.82) is 0 Å². The van der Waals surface area contributed by atoms with Gasteiger partial charge in [-0.1, -0.05) is 20.3 Å². The first-order valence-electron chi connectivity index (χ1n) is 11.7. The summed E-state index contributed by atoms with van der Waals surface area (Å²) >= 11 is 0. The Labute approximate surface area is 193 Å². The lowest BCUT2D eigenvalue weighted by Crippen LogP contribution is -2.48. The fourth-order valence-electron chi connectivity index (χ4n) is 5.99. The fourth-order valence-corrected chi connectivity index (χ4v) is 5.99. The molecule has 3 aliphatic heterocycles. The lowest BCUT2D eigenvalue weighted by atomic mass is 9.60. The fraction of sp³-hybridized carbons (Fsp3) is 0.792.